The first-order valence-electron chi connectivity index (χ1n) is 9.76. The summed E-state index contributed by atoms with van der Waals surface area (Å²) >= 11 is 0. The van der Waals surface area contributed by atoms with E-state index in [0.29, 0.717) is 0 Å². The average molecular weight is 350 g/mol. The summed E-state index contributed by atoms with van der Waals surface area (Å²) in [6.45, 7) is 12.8. The van der Waals surface area contributed by atoms with Gasteiger partial charge in [-0.25, -0.2) is 0 Å². The fraction of sp³-hybridized carbons (Fsp3) is 0.391. The molecule has 0 saturated carbocycles. The number of hydrogen-bond donors (Lipinski definition) is 1. The van der Waals surface area contributed by atoms with Crippen molar-refractivity contribution >= 4 is 10.9 Å². The molecule has 1 heterocycles. The molecule has 3 heteroatoms. The highest BCUT2D eigenvalue weighted by atomic mass is 15.1. The lowest BCUT2D eigenvalue weighted by molar-refractivity contribution is 0.302. The molecule has 0 radical (unpaired) electrons. The molecular formula is C23H31N3. The lowest BCUT2D eigenvalue weighted by Crippen LogP contribution is -2.31. The van der Waals surface area contributed by atoms with E-state index >= 15 is 0 Å². The Kier molecular flexibility index (Phi) is 6.48. The van der Waals surface area contributed by atoms with Crippen LogP contribution in [0.15, 0.2) is 54.7 Å². The lowest BCUT2D eigenvalue weighted by atomic mass is 10.1. The molecule has 2 aromatic carbocycles. The van der Waals surface area contributed by atoms with Crippen LogP contribution in [0, 0.1) is 6.92 Å². The predicted octanol–water partition coefficient (Wildman–Crippen LogP) is 4.43. The molecular weight excluding hydrogens is 318 g/mol. The monoisotopic (exact) mass is 349 g/mol. The number of fused-ring (bicyclic) bond motifs is 1. The van der Waals surface area contributed by atoms with Crippen molar-refractivity contribution in [2.75, 3.05) is 26.2 Å². The minimum absolute atomic E-state index is 0.917. The second-order valence-corrected chi connectivity index (χ2v) is 6.99. The molecule has 0 amide bonds. The highest BCUT2D eigenvalue weighted by Crippen LogP contribution is 2.22. The van der Waals surface area contributed by atoms with Crippen LogP contribution in [0.25, 0.3) is 10.9 Å². The fourth-order valence-electron chi connectivity index (χ4n) is 3.48. The van der Waals surface area contributed by atoms with Crippen LogP contribution in [0.1, 0.15) is 30.5 Å². The molecule has 138 valence electrons. The summed E-state index contributed by atoms with van der Waals surface area (Å²) in [5, 5.41) is 4.98. The van der Waals surface area contributed by atoms with Gasteiger partial charge in [0.15, 0.2) is 0 Å². The van der Waals surface area contributed by atoms with Gasteiger partial charge in [0.1, 0.15) is 0 Å². The number of para-hydroxylation sites is 1. The highest BCUT2D eigenvalue weighted by molar-refractivity contribution is 5.84. The summed E-state index contributed by atoms with van der Waals surface area (Å²) in [6.07, 6.45) is 2.31. The summed E-state index contributed by atoms with van der Waals surface area (Å²) in [5.41, 5.74) is 5.35. The van der Waals surface area contributed by atoms with Crippen molar-refractivity contribution < 1.29 is 0 Å². The van der Waals surface area contributed by atoms with Gasteiger partial charge in [-0.15, -0.1) is 0 Å². The molecule has 0 spiro atoms. The summed E-state index contributed by atoms with van der Waals surface area (Å²) in [6, 6.07) is 17.6. The van der Waals surface area contributed by atoms with Crippen molar-refractivity contribution in [2.45, 2.75) is 33.9 Å². The van der Waals surface area contributed by atoms with Gasteiger partial charge in [-0.3, -0.25) is 0 Å². The summed E-state index contributed by atoms with van der Waals surface area (Å²) in [7, 11) is 0. The molecule has 3 aromatic rings. The van der Waals surface area contributed by atoms with Crippen molar-refractivity contribution in [3.05, 3.63) is 71.4 Å². The SMILES string of the molecule is CCN(CC)CCNCc1cn(Cc2ccc(C)cc2)c2ccccc12. The van der Waals surface area contributed by atoms with E-state index in [1.165, 1.54) is 27.6 Å². The molecule has 1 aromatic heterocycles. The first kappa shape index (κ1) is 18.7. The van der Waals surface area contributed by atoms with Crippen LogP contribution in [0.4, 0.5) is 0 Å². The van der Waals surface area contributed by atoms with Gasteiger partial charge in [-0.2, -0.15) is 0 Å². The van der Waals surface area contributed by atoms with Crippen LogP contribution in [-0.4, -0.2) is 35.6 Å². The Hall–Kier alpha value is -2.10. The molecule has 1 N–H and O–H groups in total. The number of nitrogens with one attached hydrogen (secondary N) is 1. The normalized spacial score (nSPS) is 11.5. The van der Waals surface area contributed by atoms with Crippen LogP contribution >= 0.6 is 0 Å². The average Bonchev–Trinajstić information content (AvgIpc) is 3.02. The molecule has 0 saturated heterocycles. The van der Waals surface area contributed by atoms with Crippen LogP contribution in [0.2, 0.25) is 0 Å². The van der Waals surface area contributed by atoms with E-state index in [2.05, 4.69) is 90.3 Å². The third kappa shape index (κ3) is 4.54. The van der Waals surface area contributed by atoms with Gasteiger partial charge in [-0.05, 0) is 37.2 Å². The van der Waals surface area contributed by atoms with Gasteiger partial charge in [0.25, 0.3) is 0 Å². The third-order valence-corrected chi connectivity index (χ3v) is 5.16. The molecule has 3 rings (SSSR count). The van der Waals surface area contributed by atoms with E-state index < -0.39 is 0 Å². The minimum Gasteiger partial charge on any atom is -0.343 e. The van der Waals surface area contributed by atoms with E-state index in [4.69, 9.17) is 0 Å². The molecule has 0 atom stereocenters. The number of aromatic nitrogens is 1. The fourth-order valence-corrected chi connectivity index (χ4v) is 3.48. The first-order valence-corrected chi connectivity index (χ1v) is 9.76. The molecule has 3 nitrogen and oxygen atoms in total. The summed E-state index contributed by atoms with van der Waals surface area (Å²) in [5.74, 6) is 0. The topological polar surface area (TPSA) is 20.2 Å². The Labute approximate surface area is 157 Å². The van der Waals surface area contributed by atoms with Gasteiger partial charge < -0.3 is 14.8 Å². The zero-order valence-electron chi connectivity index (χ0n) is 16.3. The Morgan fingerprint density at radius 2 is 1.69 bits per heavy atom. The zero-order valence-corrected chi connectivity index (χ0v) is 16.3. The van der Waals surface area contributed by atoms with Crippen molar-refractivity contribution in [2.24, 2.45) is 0 Å². The Balaban J connectivity index is 1.71. The van der Waals surface area contributed by atoms with Crippen molar-refractivity contribution in [3.8, 4) is 0 Å². The van der Waals surface area contributed by atoms with Gasteiger partial charge in [-0.1, -0.05) is 61.9 Å². The number of nitrogens with zero attached hydrogens (tertiary/aromatic N) is 2. The van der Waals surface area contributed by atoms with E-state index in [9.17, 15) is 0 Å². The number of hydrogen-bond acceptors (Lipinski definition) is 2. The molecule has 26 heavy (non-hydrogen) atoms. The number of rotatable bonds is 9. The van der Waals surface area contributed by atoms with Crippen LogP contribution in [-0.2, 0) is 13.1 Å². The van der Waals surface area contributed by atoms with Crippen molar-refractivity contribution in [3.63, 3.8) is 0 Å². The highest BCUT2D eigenvalue weighted by Gasteiger charge is 2.08. The molecule has 0 fully saturated rings. The number of aryl methyl sites for hydroxylation is 1. The standard InChI is InChI=1S/C23H31N3/c1-4-25(5-2)15-14-24-16-21-18-26(23-9-7-6-8-22(21)23)17-20-12-10-19(3)11-13-20/h6-13,18,24H,4-5,14-17H2,1-3H3. The second-order valence-electron chi connectivity index (χ2n) is 6.99. The maximum Gasteiger partial charge on any atom is 0.0486 e. The maximum absolute atomic E-state index is 3.62. The van der Waals surface area contributed by atoms with Crippen LogP contribution in [0.3, 0.4) is 0 Å². The Morgan fingerprint density at radius 1 is 0.962 bits per heavy atom. The van der Waals surface area contributed by atoms with Gasteiger partial charge in [0.2, 0.25) is 0 Å². The number of benzene rings is 2. The van der Waals surface area contributed by atoms with E-state index in [0.717, 1.165) is 39.3 Å². The minimum atomic E-state index is 0.917. The van der Waals surface area contributed by atoms with Crippen LogP contribution in [0.5, 0.6) is 0 Å². The molecule has 0 aliphatic rings. The Morgan fingerprint density at radius 3 is 2.42 bits per heavy atom. The molecule has 0 aliphatic carbocycles. The van der Waals surface area contributed by atoms with Crippen molar-refractivity contribution in [1.82, 2.24) is 14.8 Å². The quantitative estimate of drug-likeness (QED) is 0.577. The summed E-state index contributed by atoms with van der Waals surface area (Å²) < 4.78 is 2.38. The van der Waals surface area contributed by atoms with Crippen LogP contribution < -0.4 is 5.32 Å². The predicted molar refractivity (Wildman–Crippen MR) is 112 cm³/mol. The van der Waals surface area contributed by atoms with Gasteiger partial charge >= 0.3 is 0 Å². The van der Waals surface area contributed by atoms with Crippen molar-refractivity contribution in [1.29, 1.82) is 0 Å². The van der Waals surface area contributed by atoms with E-state index in [-0.39, 0.29) is 0 Å². The maximum atomic E-state index is 3.62. The molecule has 0 bridgehead atoms. The molecule has 0 aliphatic heterocycles. The smallest absolute Gasteiger partial charge is 0.0486 e. The lowest BCUT2D eigenvalue weighted by Gasteiger charge is -2.17. The third-order valence-electron chi connectivity index (χ3n) is 5.16. The second kappa shape index (κ2) is 9.02. The molecule has 0 unspecified atom stereocenters. The largest absolute Gasteiger partial charge is 0.343 e. The first-order chi connectivity index (χ1) is 12.7. The Bertz CT molecular complexity index is 813. The van der Waals surface area contributed by atoms with E-state index in [1.54, 1.807) is 0 Å². The number of likely N-dealkylation sites (N-methyl/N-ethyl adjacent to an activating group) is 1. The zero-order chi connectivity index (χ0) is 18.4. The van der Waals surface area contributed by atoms with Gasteiger partial charge in [0, 0.05) is 43.3 Å². The van der Waals surface area contributed by atoms with E-state index in [1.807, 2.05) is 0 Å². The van der Waals surface area contributed by atoms with Gasteiger partial charge in [0.05, 0.1) is 0 Å². The summed E-state index contributed by atoms with van der Waals surface area (Å²) in [4.78, 5) is 2.45.